The Hall–Kier alpha value is -1.16. The SMILES string of the molecule is CCSC(=O)c1ccc2c(c1)OCO2. The molecule has 1 aliphatic heterocycles. The second-order valence-corrected chi connectivity index (χ2v) is 4.03. The number of hydrogen-bond acceptors (Lipinski definition) is 4. The average Bonchev–Trinajstić information content (AvgIpc) is 2.64. The fraction of sp³-hybridized carbons (Fsp3) is 0.300. The van der Waals surface area contributed by atoms with E-state index in [4.69, 9.17) is 9.47 Å². The van der Waals surface area contributed by atoms with Crippen LogP contribution in [0.1, 0.15) is 17.3 Å². The van der Waals surface area contributed by atoms with Gasteiger partial charge in [0.25, 0.3) is 0 Å². The Balaban J connectivity index is 2.24. The Morgan fingerprint density at radius 1 is 1.43 bits per heavy atom. The van der Waals surface area contributed by atoms with Crippen LogP contribution in [-0.4, -0.2) is 17.7 Å². The molecule has 0 unspecified atom stereocenters. The van der Waals surface area contributed by atoms with E-state index < -0.39 is 0 Å². The average molecular weight is 210 g/mol. The normalized spacial score (nSPS) is 12.9. The van der Waals surface area contributed by atoms with Crippen molar-refractivity contribution in [3.63, 3.8) is 0 Å². The van der Waals surface area contributed by atoms with Crippen LogP contribution in [0.3, 0.4) is 0 Å². The molecule has 0 bridgehead atoms. The zero-order valence-electron chi connectivity index (χ0n) is 7.78. The molecule has 0 amide bonds. The van der Waals surface area contributed by atoms with Crippen molar-refractivity contribution in [2.75, 3.05) is 12.5 Å². The van der Waals surface area contributed by atoms with Crippen LogP contribution in [0.15, 0.2) is 18.2 Å². The molecular formula is C10H10O3S. The van der Waals surface area contributed by atoms with Gasteiger partial charge in [0.2, 0.25) is 11.9 Å². The first kappa shape index (κ1) is 9.40. The van der Waals surface area contributed by atoms with Gasteiger partial charge < -0.3 is 9.47 Å². The molecule has 0 spiro atoms. The second-order valence-electron chi connectivity index (χ2n) is 2.79. The van der Waals surface area contributed by atoms with Crippen LogP contribution in [0.4, 0.5) is 0 Å². The summed E-state index contributed by atoms with van der Waals surface area (Å²) in [7, 11) is 0. The largest absolute Gasteiger partial charge is 0.454 e. The Morgan fingerprint density at radius 3 is 3.00 bits per heavy atom. The predicted molar refractivity (Wildman–Crippen MR) is 55.0 cm³/mol. The van der Waals surface area contributed by atoms with Crippen molar-refractivity contribution in [3.05, 3.63) is 23.8 Å². The summed E-state index contributed by atoms with van der Waals surface area (Å²) >= 11 is 1.29. The first-order valence-corrected chi connectivity index (χ1v) is 5.36. The van der Waals surface area contributed by atoms with Gasteiger partial charge in [0.15, 0.2) is 11.5 Å². The fourth-order valence-corrected chi connectivity index (χ4v) is 1.79. The van der Waals surface area contributed by atoms with E-state index in [1.54, 1.807) is 18.2 Å². The van der Waals surface area contributed by atoms with Crippen LogP contribution in [0.25, 0.3) is 0 Å². The van der Waals surface area contributed by atoms with Crippen molar-refractivity contribution in [1.29, 1.82) is 0 Å². The van der Waals surface area contributed by atoms with Crippen LogP contribution in [-0.2, 0) is 0 Å². The maximum absolute atomic E-state index is 11.5. The van der Waals surface area contributed by atoms with E-state index in [0.717, 1.165) is 5.75 Å². The number of fused-ring (bicyclic) bond motifs is 1. The predicted octanol–water partition coefficient (Wildman–Crippen LogP) is 2.31. The molecular weight excluding hydrogens is 200 g/mol. The summed E-state index contributed by atoms with van der Waals surface area (Å²) in [5.41, 5.74) is 0.668. The molecule has 0 radical (unpaired) electrons. The van der Waals surface area contributed by atoms with Gasteiger partial charge in [-0.25, -0.2) is 0 Å². The highest BCUT2D eigenvalue weighted by molar-refractivity contribution is 8.14. The van der Waals surface area contributed by atoms with E-state index >= 15 is 0 Å². The van der Waals surface area contributed by atoms with Gasteiger partial charge in [-0.05, 0) is 24.0 Å². The number of ether oxygens (including phenoxy) is 2. The zero-order valence-corrected chi connectivity index (χ0v) is 8.60. The van der Waals surface area contributed by atoms with Gasteiger partial charge in [0, 0.05) is 5.56 Å². The summed E-state index contributed by atoms with van der Waals surface area (Å²) in [5, 5.41) is 0.0748. The lowest BCUT2D eigenvalue weighted by atomic mass is 10.2. The minimum Gasteiger partial charge on any atom is -0.454 e. The van der Waals surface area contributed by atoms with Crippen LogP contribution in [0.2, 0.25) is 0 Å². The third-order valence-electron chi connectivity index (χ3n) is 1.88. The van der Waals surface area contributed by atoms with E-state index in [1.807, 2.05) is 6.92 Å². The molecule has 74 valence electrons. The molecule has 0 N–H and O–H groups in total. The third-order valence-corrected chi connectivity index (χ3v) is 2.67. The van der Waals surface area contributed by atoms with Crippen molar-refractivity contribution < 1.29 is 14.3 Å². The Bertz CT molecular complexity index is 362. The molecule has 1 heterocycles. The summed E-state index contributed by atoms with van der Waals surface area (Å²) in [6, 6.07) is 5.26. The summed E-state index contributed by atoms with van der Waals surface area (Å²) < 4.78 is 10.3. The molecule has 0 aliphatic carbocycles. The van der Waals surface area contributed by atoms with Crippen molar-refractivity contribution in [2.24, 2.45) is 0 Å². The lowest BCUT2D eigenvalue weighted by Crippen LogP contribution is -1.94. The topological polar surface area (TPSA) is 35.5 Å². The summed E-state index contributed by atoms with van der Waals surface area (Å²) in [6.45, 7) is 2.20. The number of hydrogen-bond donors (Lipinski definition) is 0. The first-order chi connectivity index (χ1) is 6.81. The molecule has 4 heteroatoms. The minimum atomic E-state index is 0.0748. The molecule has 0 atom stereocenters. The molecule has 14 heavy (non-hydrogen) atoms. The number of benzene rings is 1. The molecule has 1 aromatic rings. The fourth-order valence-electron chi connectivity index (χ4n) is 1.24. The van der Waals surface area contributed by atoms with Crippen molar-refractivity contribution in [2.45, 2.75) is 6.92 Å². The van der Waals surface area contributed by atoms with Crippen LogP contribution >= 0.6 is 11.8 Å². The summed E-state index contributed by atoms with van der Waals surface area (Å²) in [4.78, 5) is 11.5. The molecule has 0 saturated carbocycles. The monoisotopic (exact) mass is 210 g/mol. The van der Waals surface area contributed by atoms with Crippen molar-refractivity contribution >= 4 is 16.9 Å². The van der Waals surface area contributed by atoms with Crippen molar-refractivity contribution in [3.8, 4) is 11.5 Å². The van der Waals surface area contributed by atoms with Gasteiger partial charge >= 0.3 is 0 Å². The highest BCUT2D eigenvalue weighted by Crippen LogP contribution is 2.33. The van der Waals surface area contributed by atoms with Crippen LogP contribution < -0.4 is 9.47 Å². The first-order valence-electron chi connectivity index (χ1n) is 4.38. The lowest BCUT2D eigenvalue weighted by molar-refractivity contribution is 0.108. The van der Waals surface area contributed by atoms with E-state index in [1.165, 1.54) is 11.8 Å². The number of thioether (sulfide) groups is 1. The number of rotatable bonds is 2. The standard InChI is InChI=1S/C10H10O3S/c1-2-14-10(11)7-3-4-8-9(5-7)13-6-12-8/h3-5H,2,6H2,1H3. The molecule has 0 fully saturated rings. The smallest absolute Gasteiger partial charge is 0.231 e. The molecule has 1 aliphatic rings. The van der Waals surface area contributed by atoms with E-state index in [2.05, 4.69) is 0 Å². The van der Waals surface area contributed by atoms with Gasteiger partial charge in [-0.1, -0.05) is 18.7 Å². The molecule has 0 aromatic heterocycles. The van der Waals surface area contributed by atoms with Crippen LogP contribution in [0, 0.1) is 0 Å². The van der Waals surface area contributed by atoms with E-state index in [-0.39, 0.29) is 11.9 Å². The Morgan fingerprint density at radius 2 is 2.21 bits per heavy atom. The van der Waals surface area contributed by atoms with Gasteiger partial charge in [0.05, 0.1) is 0 Å². The number of carbonyl (C=O) groups is 1. The Kier molecular flexibility index (Phi) is 2.63. The molecule has 1 aromatic carbocycles. The van der Waals surface area contributed by atoms with Gasteiger partial charge in [-0.3, -0.25) is 4.79 Å². The van der Waals surface area contributed by atoms with Gasteiger partial charge in [-0.2, -0.15) is 0 Å². The molecule has 3 nitrogen and oxygen atoms in total. The van der Waals surface area contributed by atoms with E-state index in [9.17, 15) is 4.79 Å². The molecule has 0 saturated heterocycles. The summed E-state index contributed by atoms with van der Waals surface area (Å²) in [5.74, 6) is 2.16. The Labute approximate surface area is 86.4 Å². The lowest BCUT2D eigenvalue weighted by Gasteiger charge is -2.00. The second kappa shape index (κ2) is 3.92. The quantitative estimate of drug-likeness (QED) is 0.750. The maximum Gasteiger partial charge on any atom is 0.231 e. The highest BCUT2D eigenvalue weighted by Gasteiger charge is 2.15. The molecule has 2 rings (SSSR count). The van der Waals surface area contributed by atoms with Crippen LogP contribution in [0.5, 0.6) is 11.5 Å². The zero-order chi connectivity index (χ0) is 9.97. The van der Waals surface area contributed by atoms with Gasteiger partial charge in [0.1, 0.15) is 0 Å². The highest BCUT2D eigenvalue weighted by atomic mass is 32.2. The minimum absolute atomic E-state index is 0.0748. The van der Waals surface area contributed by atoms with E-state index in [0.29, 0.717) is 17.1 Å². The maximum atomic E-state index is 11.5. The number of carbonyl (C=O) groups excluding carboxylic acids is 1. The third kappa shape index (κ3) is 1.70. The summed E-state index contributed by atoms with van der Waals surface area (Å²) in [6.07, 6.45) is 0. The van der Waals surface area contributed by atoms with Gasteiger partial charge in [-0.15, -0.1) is 0 Å². The van der Waals surface area contributed by atoms with Crippen molar-refractivity contribution in [1.82, 2.24) is 0 Å².